The minimum absolute atomic E-state index is 0.126. The van der Waals surface area contributed by atoms with Crippen molar-refractivity contribution < 1.29 is 4.92 Å². The molecular weight excluding hydrogens is 331 g/mol. The molecule has 0 aliphatic heterocycles. The minimum Gasteiger partial charge on any atom is -0.317 e. The molecule has 0 spiro atoms. The van der Waals surface area contributed by atoms with Crippen molar-refractivity contribution in [1.29, 1.82) is 0 Å². The Balaban J connectivity index is 2.58. The largest absolute Gasteiger partial charge is 0.317 e. The molecule has 0 saturated heterocycles. The van der Waals surface area contributed by atoms with Gasteiger partial charge < -0.3 is 4.57 Å². The van der Waals surface area contributed by atoms with Gasteiger partial charge in [0.2, 0.25) is 0 Å². The number of hydrogen-bond donors (Lipinski definition) is 0. The summed E-state index contributed by atoms with van der Waals surface area (Å²) in [4.78, 5) is 10.3. The average molecular weight is 342 g/mol. The van der Waals surface area contributed by atoms with Crippen molar-refractivity contribution in [2.45, 2.75) is 13.8 Å². The van der Waals surface area contributed by atoms with Crippen LogP contribution in [-0.2, 0) is 0 Å². The summed E-state index contributed by atoms with van der Waals surface area (Å²) in [6, 6.07) is 8.99. The Morgan fingerprint density at radius 1 is 1.18 bits per heavy atom. The summed E-state index contributed by atoms with van der Waals surface area (Å²) in [6.07, 6.45) is 0. The van der Waals surface area contributed by atoms with Crippen molar-refractivity contribution in [3.8, 4) is 5.69 Å². The van der Waals surface area contributed by atoms with Crippen LogP contribution in [-0.4, -0.2) is 9.49 Å². The van der Waals surface area contributed by atoms with E-state index in [4.69, 9.17) is 0 Å². The Labute approximate surface area is 113 Å². The van der Waals surface area contributed by atoms with Gasteiger partial charge in [0, 0.05) is 27.1 Å². The fourth-order valence-corrected chi connectivity index (χ4v) is 2.58. The third-order valence-electron chi connectivity index (χ3n) is 2.65. The molecule has 0 bridgehead atoms. The topological polar surface area (TPSA) is 48.1 Å². The molecule has 0 radical (unpaired) electrons. The van der Waals surface area contributed by atoms with E-state index in [0.29, 0.717) is 0 Å². The first-order valence-corrected chi connectivity index (χ1v) is 6.18. The number of aromatic nitrogens is 1. The van der Waals surface area contributed by atoms with Crippen LogP contribution in [0.25, 0.3) is 5.69 Å². The lowest BCUT2D eigenvalue weighted by atomic mass is 10.2. The van der Waals surface area contributed by atoms with Gasteiger partial charge in [-0.1, -0.05) is 0 Å². The summed E-state index contributed by atoms with van der Waals surface area (Å²) in [5.41, 5.74) is 3.35. The van der Waals surface area contributed by atoms with Crippen LogP contribution in [0.3, 0.4) is 0 Å². The van der Waals surface area contributed by atoms with E-state index in [9.17, 15) is 10.1 Å². The van der Waals surface area contributed by atoms with Crippen molar-refractivity contribution in [2.24, 2.45) is 0 Å². The van der Waals surface area contributed by atoms with Gasteiger partial charge in [-0.2, -0.15) is 0 Å². The van der Waals surface area contributed by atoms with Crippen LogP contribution in [0.4, 0.5) is 5.69 Å². The van der Waals surface area contributed by atoms with Crippen molar-refractivity contribution in [3.05, 3.63) is 55.4 Å². The number of halogens is 1. The number of aryl methyl sites for hydroxylation is 2. The normalized spacial score (nSPS) is 10.5. The highest BCUT2D eigenvalue weighted by Crippen LogP contribution is 2.25. The average Bonchev–Trinajstić information content (AvgIpc) is 2.59. The van der Waals surface area contributed by atoms with E-state index in [2.05, 4.69) is 27.2 Å². The van der Waals surface area contributed by atoms with E-state index in [1.165, 1.54) is 6.07 Å². The smallest absolute Gasteiger partial charge is 0.270 e. The quantitative estimate of drug-likeness (QED) is 0.476. The molecule has 0 unspecified atom stereocenters. The first kappa shape index (κ1) is 12.1. The number of nitro groups is 1. The van der Waals surface area contributed by atoms with Crippen LogP contribution >= 0.6 is 22.6 Å². The zero-order chi connectivity index (χ0) is 12.6. The number of nitrogens with zero attached hydrogens (tertiary/aromatic N) is 2. The van der Waals surface area contributed by atoms with Gasteiger partial charge >= 0.3 is 0 Å². The summed E-state index contributed by atoms with van der Waals surface area (Å²) in [5.74, 6) is 0. The zero-order valence-electron chi connectivity index (χ0n) is 9.48. The molecule has 17 heavy (non-hydrogen) atoms. The number of hydrogen-bond acceptors (Lipinski definition) is 2. The maximum absolute atomic E-state index is 10.7. The second-order valence-corrected chi connectivity index (χ2v) is 5.01. The third kappa shape index (κ3) is 2.19. The highest BCUT2D eigenvalue weighted by molar-refractivity contribution is 14.1. The van der Waals surface area contributed by atoms with Crippen LogP contribution in [0.2, 0.25) is 0 Å². The Morgan fingerprint density at radius 2 is 1.76 bits per heavy atom. The molecule has 0 amide bonds. The molecule has 1 aromatic heterocycles. The summed E-state index contributed by atoms with van der Waals surface area (Å²) in [7, 11) is 0. The molecule has 4 nitrogen and oxygen atoms in total. The molecule has 88 valence electrons. The Hall–Kier alpha value is -1.37. The van der Waals surface area contributed by atoms with Gasteiger partial charge in [0.05, 0.1) is 10.6 Å². The van der Waals surface area contributed by atoms with Crippen molar-refractivity contribution >= 4 is 28.3 Å². The van der Waals surface area contributed by atoms with Gasteiger partial charge in [0.15, 0.2) is 0 Å². The zero-order valence-corrected chi connectivity index (χ0v) is 11.6. The Morgan fingerprint density at radius 3 is 2.24 bits per heavy atom. The van der Waals surface area contributed by atoms with E-state index < -0.39 is 0 Å². The van der Waals surface area contributed by atoms with Crippen LogP contribution in [0.15, 0.2) is 30.3 Å². The fraction of sp³-hybridized carbons (Fsp3) is 0.167. The predicted octanol–water partition coefficient (Wildman–Crippen LogP) is 3.61. The SMILES string of the molecule is Cc1ccc(C)n1-c1ccc([N+](=O)[O-])cc1I. The molecule has 0 fully saturated rings. The summed E-state index contributed by atoms with van der Waals surface area (Å²) < 4.78 is 2.96. The van der Waals surface area contributed by atoms with Crippen molar-refractivity contribution in [2.75, 3.05) is 0 Å². The number of rotatable bonds is 2. The van der Waals surface area contributed by atoms with Crippen LogP contribution in [0.5, 0.6) is 0 Å². The van der Waals surface area contributed by atoms with Crippen LogP contribution in [0, 0.1) is 27.5 Å². The van der Waals surface area contributed by atoms with E-state index in [1.807, 2.05) is 26.0 Å². The molecule has 0 atom stereocenters. The minimum atomic E-state index is -0.374. The number of non-ortho nitro benzene ring substituents is 1. The lowest BCUT2D eigenvalue weighted by Crippen LogP contribution is -2.01. The highest BCUT2D eigenvalue weighted by Gasteiger charge is 2.12. The van der Waals surface area contributed by atoms with E-state index in [1.54, 1.807) is 12.1 Å². The molecule has 2 aromatic rings. The van der Waals surface area contributed by atoms with Gasteiger partial charge in [0.25, 0.3) is 5.69 Å². The molecule has 5 heteroatoms. The molecule has 2 rings (SSSR count). The first-order chi connectivity index (χ1) is 8.00. The van der Waals surface area contributed by atoms with Gasteiger partial charge in [-0.05, 0) is 54.6 Å². The third-order valence-corrected chi connectivity index (χ3v) is 3.52. The van der Waals surface area contributed by atoms with Crippen molar-refractivity contribution in [3.63, 3.8) is 0 Å². The van der Waals surface area contributed by atoms with Gasteiger partial charge in [-0.15, -0.1) is 0 Å². The standard InChI is InChI=1S/C12H11IN2O2/c1-8-3-4-9(2)14(8)12-6-5-10(15(16)17)7-11(12)13/h3-7H,1-2H3. The lowest BCUT2D eigenvalue weighted by molar-refractivity contribution is -0.384. The summed E-state index contributed by atoms with van der Waals surface area (Å²) in [6.45, 7) is 4.04. The summed E-state index contributed by atoms with van der Waals surface area (Å²) in [5, 5.41) is 10.7. The van der Waals surface area contributed by atoms with Gasteiger partial charge in [0.1, 0.15) is 0 Å². The Bertz CT molecular complexity index is 571. The molecule has 1 heterocycles. The van der Waals surface area contributed by atoms with E-state index >= 15 is 0 Å². The predicted molar refractivity (Wildman–Crippen MR) is 74.6 cm³/mol. The maximum atomic E-state index is 10.7. The van der Waals surface area contributed by atoms with Gasteiger partial charge in [-0.3, -0.25) is 10.1 Å². The second kappa shape index (κ2) is 4.48. The lowest BCUT2D eigenvalue weighted by Gasteiger charge is -2.11. The van der Waals surface area contributed by atoms with Crippen LogP contribution in [0.1, 0.15) is 11.4 Å². The fourth-order valence-electron chi connectivity index (χ4n) is 1.84. The van der Waals surface area contributed by atoms with Crippen LogP contribution < -0.4 is 0 Å². The van der Waals surface area contributed by atoms with E-state index in [-0.39, 0.29) is 10.6 Å². The summed E-state index contributed by atoms with van der Waals surface area (Å²) >= 11 is 2.13. The molecule has 0 saturated carbocycles. The monoisotopic (exact) mass is 342 g/mol. The maximum Gasteiger partial charge on any atom is 0.270 e. The van der Waals surface area contributed by atoms with Crippen molar-refractivity contribution in [1.82, 2.24) is 4.57 Å². The van der Waals surface area contributed by atoms with Gasteiger partial charge in [-0.25, -0.2) is 0 Å². The molecule has 0 N–H and O–H groups in total. The number of benzene rings is 1. The second-order valence-electron chi connectivity index (χ2n) is 3.84. The number of nitro benzene ring substituents is 1. The molecule has 0 aliphatic rings. The highest BCUT2D eigenvalue weighted by atomic mass is 127. The molecular formula is C12H11IN2O2. The van der Waals surface area contributed by atoms with E-state index in [0.717, 1.165) is 20.6 Å². The first-order valence-electron chi connectivity index (χ1n) is 5.10. The molecule has 1 aromatic carbocycles. The Kier molecular flexibility index (Phi) is 3.19. The molecule has 0 aliphatic carbocycles.